The molecular weight excluding hydrogens is 264 g/mol. The first-order chi connectivity index (χ1) is 10.1. The number of rotatable bonds is 3. The van der Waals surface area contributed by atoms with Gasteiger partial charge in [0.15, 0.2) is 0 Å². The Morgan fingerprint density at radius 2 is 2.00 bits per heavy atom. The standard InChI is InChI=1S/C16H14N4O/c1-10-6-7-19-16(14(10)15(17)18)21-12-8-11-4-2-3-5-13(11)20-9-12/h2-9H,1H3,(H3,17,18). The van der Waals surface area contributed by atoms with Crippen molar-refractivity contribution >= 4 is 16.7 Å². The molecule has 0 aliphatic carbocycles. The second-order valence-electron chi connectivity index (χ2n) is 4.69. The quantitative estimate of drug-likeness (QED) is 0.569. The van der Waals surface area contributed by atoms with Gasteiger partial charge < -0.3 is 10.5 Å². The Hall–Kier alpha value is -2.95. The fourth-order valence-corrected chi connectivity index (χ4v) is 2.16. The third-order valence-corrected chi connectivity index (χ3v) is 3.17. The summed E-state index contributed by atoms with van der Waals surface area (Å²) in [5, 5.41) is 8.63. The first kappa shape index (κ1) is 13.1. The van der Waals surface area contributed by atoms with Crippen LogP contribution >= 0.6 is 0 Å². The summed E-state index contributed by atoms with van der Waals surface area (Å²) in [5.41, 5.74) is 7.86. The number of nitrogens with one attached hydrogen (secondary N) is 1. The number of pyridine rings is 2. The van der Waals surface area contributed by atoms with Gasteiger partial charge in [-0.15, -0.1) is 0 Å². The number of amidine groups is 1. The predicted molar refractivity (Wildman–Crippen MR) is 81.8 cm³/mol. The fourth-order valence-electron chi connectivity index (χ4n) is 2.16. The van der Waals surface area contributed by atoms with Crippen molar-refractivity contribution in [1.82, 2.24) is 9.97 Å². The van der Waals surface area contributed by atoms with E-state index in [1.807, 2.05) is 37.3 Å². The van der Waals surface area contributed by atoms with Crippen molar-refractivity contribution in [2.24, 2.45) is 5.73 Å². The molecule has 0 saturated carbocycles. The van der Waals surface area contributed by atoms with E-state index in [1.54, 1.807) is 18.5 Å². The summed E-state index contributed by atoms with van der Waals surface area (Å²) in [6, 6.07) is 11.5. The smallest absolute Gasteiger partial charge is 0.230 e. The van der Waals surface area contributed by atoms with Crippen LogP contribution in [-0.4, -0.2) is 15.8 Å². The second kappa shape index (κ2) is 5.20. The number of nitrogens with two attached hydrogens (primary N) is 1. The van der Waals surface area contributed by atoms with Gasteiger partial charge in [-0.2, -0.15) is 0 Å². The van der Waals surface area contributed by atoms with Gasteiger partial charge in [-0.25, -0.2) is 4.98 Å². The molecule has 2 aromatic heterocycles. The highest BCUT2D eigenvalue weighted by molar-refractivity contribution is 5.98. The van der Waals surface area contributed by atoms with Gasteiger partial charge in [0.2, 0.25) is 5.88 Å². The molecule has 0 radical (unpaired) electrons. The summed E-state index contributed by atoms with van der Waals surface area (Å²) in [6.45, 7) is 1.86. The maximum atomic E-state index is 7.66. The van der Waals surface area contributed by atoms with Gasteiger partial charge in [0.1, 0.15) is 11.6 Å². The van der Waals surface area contributed by atoms with E-state index in [9.17, 15) is 0 Å². The van der Waals surface area contributed by atoms with E-state index in [4.69, 9.17) is 15.9 Å². The molecule has 3 N–H and O–H groups in total. The Bertz CT molecular complexity index is 829. The molecule has 3 aromatic rings. The maximum absolute atomic E-state index is 7.66. The first-order valence-corrected chi connectivity index (χ1v) is 6.48. The molecule has 5 heteroatoms. The Morgan fingerprint density at radius 1 is 1.19 bits per heavy atom. The predicted octanol–water partition coefficient (Wildman–Crippen LogP) is 3.01. The zero-order valence-electron chi connectivity index (χ0n) is 11.5. The van der Waals surface area contributed by atoms with Crippen LogP contribution in [0.5, 0.6) is 11.6 Å². The average Bonchev–Trinajstić information content (AvgIpc) is 2.47. The van der Waals surface area contributed by atoms with Crippen LogP contribution in [-0.2, 0) is 0 Å². The van der Waals surface area contributed by atoms with E-state index in [-0.39, 0.29) is 5.84 Å². The highest BCUT2D eigenvalue weighted by atomic mass is 16.5. The van der Waals surface area contributed by atoms with E-state index >= 15 is 0 Å². The monoisotopic (exact) mass is 278 g/mol. The van der Waals surface area contributed by atoms with Gasteiger partial charge in [0, 0.05) is 11.6 Å². The number of aryl methyl sites for hydroxylation is 1. The zero-order valence-corrected chi connectivity index (χ0v) is 11.5. The number of benzene rings is 1. The molecule has 0 spiro atoms. The number of fused-ring (bicyclic) bond motifs is 1. The van der Waals surface area contributed by atoms with Gasteiger partial charge >= 0.3 is 0 Å². The summed E-state index contributed by atoms with van der Waals surface area (Å²) in [7, 11) is 0. The molecule has 0 fully saturated rings. The summed E-state index contributed by atoms with van der Waals surface area (Å²) in [4.78, 5) is 8.50. The Labute approximate surface area is 121 Å². The summed E-state index contributed by atoms with van der Waals surface area (Å²) in [5.74, 6) is 0.818. The normalized spacial score (nSPS) is 10.5. The van der Waals surface area contributed by atoms with Crippen LogP contribution in [0, 0.1) is 12.3 Å². The van der Waals surface area contributed by atoms with Crippen LogP contribution in [0.1, 0.15) is 11.1 Å². The minimum Gasteiger partial charge on any atom is -0.437 e. The van der Waals surface area contributed by atoms with E-state index in [1.165, 1.54) is 0 Å². The highest BCUT2D eigenvalue weighted by Crippen LogP contribution is 2.26. The lowest BCUT2D eigenvalue weighted by Gasteiger charge is -2.11. The van der Waals surface area contributed by atoms with Crippen molar-refractivity contribution in [3.8, 4) is 11.6 Å². The van der Waals surface area contributed by atoms with Gasteiger partial charge in [-0.1, -0.05) is 18.2 Å². The molecule has 0 unspecified atom stereocenters. The number of ether oxygens (including phenoxy) is 1. The van der Waals surface area contributed by atoms with Crippen molar-refractivity contribution in [2.45, 2.75) is 6.92 Å². The van der Waals surface area contributed by atoms with Crippen LogP contribution in [0.3, 0.4) is 0 Å². The number of nitrogen functional groups attached to an aromatic ring is 1. The van der Waals surface area contributed by atoms with Crippen LogP contribution in [0.15, 0.2) is 48.8 Å². The van der Waals surface area contributed by atoms with Crippen LogP contribution in [0.2, 0.25) is 0 Å². The minimum absolute atomic E-state index is 0.0654. The molecule has 2 heterocycles. The maximum Gasteiger partial charge on any atom is 0.230 e. The Morgan fingerprint density at radius 3 is 2.81 bits per heavy atom. The second-order valence-corrected chi connectivity index (χ2v) is 4.69. The lowest BCUT2D eigenvalue weighted by molar-refractivity contribution is 0.460. The summed E-state index contributed by atoms with van der Waals surface area (Å²) < 4.78 is 5.77. The van der Waals surface area contributed by atoms with Crippen LogP contribution in [0.4, 0.5) is 0 Å². The largest absolute Gasteiger partial charge is 0.437 e. The van der Waals surface area contributed by atoms with Gasteiger partial charge in [-0.05, 0) is 30.7 Å². The minimum atomic E-state index is -0.0654. The molecule has 5 nitrogen and oxygen atoms in total. The molecule has 1 aromatic carbocycles. The highest BCUT2D eigenvalue weighted by Gasteiger charge is 2.12. The molecule has 104 valence electrons. The average molecular weight is 278 g/mol. The van der Waals surface area contributed by atoms with Gasteiger partial charge in [0.05, 0.1) is 17.3 Å². The Balaban J connectivity index is 2.02. The zero-order chi connectivity index (χ0) is 14.8. The van der Waals surface area contributed by atoms with Crippen molar-refractivity contribution in [3.05, 3.63) is 59.9 Å². The number of hydrogen-bond donors (Lipinski definition) is 2. The van der Waals surface area contributed by atoms with Crippen molar-refractivity contribution < 1.29 is 4.74 Å². The van der Waals surface area contributed by atoms with E-state index in [2.05, 4.69) is 9.97 Å². The van der Waals surface area contributed by atoms with E-state index in [0.717, 1.165) is 16.5 Å². The first-order valence-electron chi connectivity index (χ1n) is 6.48. The van der Waals surface area contributed by atoms with Gasteiger partial charge in [-0.3, -0.25) is 10.4 Å². The molecule has 0 saturated heterocycles. The van der Waals surface area contributed by atoms with Crippen molar-refractivity contribution in [1.29, 1.82) is 5.41 Å². The van der Waals surface area contributed by atoms with Crippen LogP contribution in [0.25, 0.3) is 10.9 Å². The molecule has 0 bridgehead atoms. The van der Waals surface area contributed by atoms with Crippen molar-refractivity contribution in [2.75, 3.05) is 0 Å². The van der Waals surface area contributed by atoms with Gasteiger partial charge in [0.25, 0.3) is 0 Å². The van der Waals surface area contributed by atoms with Crippen molar-refractivity contribution in [3.63, 3.8) is 0 Å². The number of nitrogens with zero attached hydrogens (tertiary/aromatic N) is 2. The number of aromatic nitrogens is 2. The lowest BCUT2D eigenvalue weighted by Crippen LogP contribution is -2.14. The summed E-state index contributed by atoms with van der Waals surface area (Å²) >= 11 is 0. The summed E-state index contributed by atoms with van der Waals surface area (Å²) in [6.07, 6.45) is 3.27. The Kier molecular flexibility index (Phi) is 3.23. The molecule has 0 aliphatic rings. The number of hydrogen-bond acceptors (Lipinski definition) is 4. The molecule has 0 amide bonds. The molecular formula is C16H14N4O. The van der Waals surface area contributed by atoms with E-state index in [0.29, 0.717) is 17.2 Å². The SMILES string of the molecule is Cc1ccnc(Oc2cnc3ccccc3c2)c1C(=N)N. The molecule has 21 heavy (non-hydrogen) atoms. The molecule has 0 aliphatic heterocycles. The third-order valence-electron chi connectivity index (χ3n) is 3.17. The van der Waals surface area contributed by atoms with E-state index < -0.39 is 0 Å². The van der Waals surface area contributed by atoms with Crippen LogP contribution < -0.4 is 10.5 Å². The topological polar surface area (TPSA) is 84.9 Å². The molecule has 0 atom stereocenters. The number of para-hydroxylation sites is 1. The lowest BCUT2D eigenvalue weighted by atomic mass is 10.1. The molecule has 3 rings (SSSR count). The third kappa shape index (κ3) is 2.53. The fraction of sp³-hybridized carbons (Fsp3) is 0.0625.